The maximum atomic E-state index is 13.5. The number of nitrogens with one attached hydrogen (secondary N) is 1. The molecule has 0 saturated carbocycles. The van der Waals surface area contributed by atoms with Gasteiger partial charge in [-0.25, -0.2) is 4.39 Å². The van der Waals surface area contributed by atoms with Crippen molar-refractivity contribution in [2.45, 2.75) is 5.75 Å². The lowest BCUT2D eigenvalue weighted by Crippen LogP contribution is -2.43. The molecular formula is C12H13FN2S. The largest absolute Gasteiger partial charge is 0.316 e. The Hall–Kier alpha value is -1.05. The summed E-state index contributed by atoms with van der Waals surface area (Å²) < 4.78 is 13.5. The van der Waals surface area contributed by atoms with Gasteiger partial charge in [0.25, 0.3) is 0 Å². The van der Waals surface area contributed by atoms with Crippen LogP contribution in [0.25, 0.3) is 0 Å². The predicted molar refractivity (Wildman–Crippen MR) is 63.6 cm³/mol. The Labute approximate surface area is 98.8 Å². The van der Waals surface area contributed by atoms with E-state index in [1.54, 1.807) is 23.9 Å². The molecule has 0 aromatic heterocycles. The highest BCUT2D eigenvalue weighted by Gasteiger charge is 2.16. The highest BCUT2D eigenvalue weighted by Crippen LogP contribution is 2.20. The number of halogens is 1. The standard InChI is InChI=1S/C12H13FN2S/c13-12-3-9(4-14)1-2-11(12)8-16-7-10-5-15-6-10/h1-3,10,15H,5-8H2. The summed E-state index contributed by atoms with van der Waals surface area (Å²) in [7, 11) is 0. The molecule has 0 bridgehead atoms. The van der Waals surface area contributed by atoms with Gasteiger partial charge in [0, 0.05) is 5.75 Å². The van der Waals surface area contributed by atoms with Crippen molar-refractivity contribution in [1.29, 1.82) is 5.26 Å². The van der Waals surface area contributed by atoms with E-state index in [2.05, 4.69) is 5.32 Å². The monoisotopic (exact) mass is 236 g/mol. The molecule has 2 nitrogen and oxygen atoms in total. The van der Waals surface area contributed by atoms with Crippen LogP contribution in [-0.4, -0.2) is 18.8 Å². The first-order valence-electron chi connectivity index (χ1n) is 5.26. The maximum absolute atomic E-state index is 13.5. The number of benzene rings is 1. The second-order valence-corrected chi connectivity index (χ2v) is 4.99. The fourth-order valence-corrected chi connectivity index (χ4v) is 2.68. The molecule has 0 amide bonds. The molecule has 1 aromatic carbocycles. The average Bonchev–Trinajstić information content (AvgIpc) is 2.23. The zero-order chi connectivity index (χ0) is 11.4. The zero-order valence-electron chi connectivity index (χ0n) is 8.87. The first-order valence-corrected chi connectivity index (χ1v) is 6.42. The van der Waals surface area contributed by atoms with Crippen molar-refractivity contribution in [3.8, 4) is 6.07 Å². The minimum atomic E-state index is -0.265. The molecular weight excluding hydrogens is 223 g/mol. The van der Waals surface area contributed by atoms with Gasteiger partial charge in [0.2, 0.25) is 0 Å². The van der Waals surface area contributed by atoms with Crippen LogP contribution in [0, 0.1) is 23.1 Å². The number of nitriles is 1. The van der Waals surface area contributed by atoms with E-state index in [1.165, 1.54) is 6.07 Å². The average molecular weight is 236 g/mol. The van der Waals surface area contributed by atoms with E-state index < -0.39 is 0 Å². The van der Waals surface area contributed by atoms with Crippen molar-refractivity contribution in [1.82, 2.24) is 5.32 Å². The summed E-state index contributed by atoms with van der Waals surface area (Å²) >= 11 is 1.75. The topological polar surface area (TPSA) is 35.8 Å². The van der Waals surface area contributed by atoms with Gasteiger partial charge in [-0.05, 0) is 42.5 Å². The molecule has 0 unspecified atom stereocenters. The van der Waals surface area contributed by atoms with Gasteiger partial charge in [0.1, 0.15) is 5.82 Å². The first kappa shape index (κ1) is 11.4. The van der Waals surface area contributed by atoms with Gasteiger partial charge in [0.05, 0.1) is 11.6 Å². The van der Waals surface area contributed by atoms with E-state index in [4.69, 9.17) is 5.26 Å². The Balaban J connectivity index is 1.86. The van der Waals surface area contributed by atoms with E-state index in [0.29, 0.717) is 16.9 Å². The Kier molecular flexibility index (Phi) is 3.81. The molecule has 0 aliphatic carbocycles. The summed E-state index contributed by atoms with van der Waals surface area (Å²) in [6, 6.07) is 6.62. The second kappa shape index (κ2) is 5.33. The maximum Gasteiger partial charge on any atom is 0.128 e. The molecule has 1 aromatic rings. The normalized spacial score (nSPS) is 15.5. The molecule has 0 spiro atoms. The van der Waals surface area contributed by atoms with Crippen LogP contribution in [0.15, 0.2) is 18.2 Å². The molecule has 1 heterocycles. The van der Waals surface area contributed by atoms with Crippen molar-refractivity contribution in [2.24, 2.45) is 5.92 Å². The molecule has 84 valence electrons. The van der Waals surface area contributed by atoms with Crippen molar-refractivity contribution >= 4 is 11.8 Å². The van der Waals surface area contributed by atoms with Crippen LogP contribution >= 0.6 is 11.8 Å². The van der Waals surface area contributed by atoms with E-state index in [1.807, 2.05) is 6.07 Å². The zero-order valence-corrected chi connectivity index (χ0v) is 9.69. The molecule has 1 aliphatic heterocycles. The molecule has 0 radical (unpaired) electrons. The highest BCUT2D eigenvalue weighted by atomic mass is 32.2. The van der Waals surface area contributed by atoms with Crippen LogP contribution in [0.4, 0.5) is 4.39 Å². The van der Waals surface area contributed by atoms with Crippen molar-refractivity contribution in [2.75, 3.05) is 18.8 Å². The smallest absolute Gasteiger partial charge is 0.128 e. The van der Waals surface area contributed by atoms with Crippen molar-refractivity contribution in [3.05, 3.63) is 35.1 Å². The number of nitrogens with zero attached hydrogens (tertiary/aromatic N) is 1. The molecule has 1 N–H and O–H groups in total. The lowest BCUT2D eigenvalue weighted by Gasteiger charge is -2.26. The molecule has 4 heteroatoms. The van der Waals surface area contributed by atoms with Gasteiger partial charge in [-0.1, -0.05) is 6.07 Å². The van der Waals surface area contributed by atoms with Gasteiger partial charge in [-0.15, -0.1) is 0 Å². The number of rotatable bonds is 4. The Morgan fingerprint density at radius 1 is 1.50 bits per heavy atom. The summed E-state index contributed by atoms with van der Waals surface area (Å²) in [5, 5.41) is 11.8. The minimum Gasteiger partial charge on any atom is -0.316 e. The summed E-state index contributed by atoms with van der Waals surface area (Å²) in [5.41, 5.74) is 1.07. The van der Waals surface area contributed by atoms with E-state index in [0.717, 1.165) is 24.8 Å². The van der Waals surface area contributed by atoms with E-state index in [-0.39, 0.29) is 5.82 Å². The number of hydrogen-bond acceptors (Lipinski definition) is 3. The molecule has 1 saturated heterocycles. The summed E-state index contributed by atoms with van der Waals surface area (Å²) in [6.07, 6.45) is 0. The van der Waals surface area contributed by atoms with Crippen molar-refractivity contribution < 1.29 is 4.39 Å². The second-order valence-electron chi connectivity index (χ2n) is 3.96. The molecule has 0 atom stereocenters. The Morgan fingerprint density at radius 2 is 2.31 bits per heavy atom. The van der Waals surface area contributed by atoms with E-state index in [9.17, 15) is 4.39 Å². The van der Waals surface area contributed by atoms with Gasteiger partial charge < -0.3 is 5.32 Å². The molecule has 2 rings (SSSR count). The van der Waals surface area contributed by atoms with Crippen LogP contribution < -0.4 is 5.32 Å². The lowest BCUT2D eigenvalue weighted by molar-refractivity contribution is 0.385. The van der Waals surface area contributed by atoms with Crippen LogP contribution in [-0.2, 0) is 5.75 Å². The molecule has 1 aliphatic rings. The van der Waals surface area contributed by atoms with Crippen LogP contribution in [0.2, 0.25) is 0 Å². The van der Waals surface area contributed by atoms with Gasteiger partial charge in [0.15, 0.2) is 0 Å². The Morgan fingerprint density at radius 3 is 2.88 bits per heavy atom. The number of hydrogen-bond donors (Lipinski definition) is 1. The predicted octanol–water partition coefficient (Wildman–Crippen LogP) is 2.15. The SMILES string of the molecule is N#Cc1ccc(CSCC2CNC2)c(F)c1. The lowest BCUT2D eigenvalue weighted by atomic mass is 10.1. The Bertz CT molecular complexity index is 410. The van der Waals surface area contributed by atoms with Crippen LogP contribution in [0.1, 0.15) is 11.1 Å². The summed E-state index contributed by atoms with van der Waals surface area (Å²) in [6.45, 7) is 2.17. The third-order valence-corrected chi connectivity index (χ3v) is 3.88. The minimum absolute atomic E-state index is 0.265. The van der Waals surface area contributed by atoms with Gasteiger partial charge >= 0.3 is 0 Å². The molecule has 1 fully saturated rings. The van der Waals surface area contributed by atoms with Gasteiger partial charge in [-0.3, -0.25) is 0 Å². The quantitative estimate of drug-likeness (QED) is 0.870. The van der Waals surface area contributed by atoms with E-state index >= 15 is 0 Å². The number of thioether (sulfide) groups is 1. The third-order valence-electron chi connectivity index (χ3n) is 2.66. The van der Waals surface area contributed by atoms with Crippen molar-refractivity contribution in [3.63, 3.8) is 0 Å². The van der Waals surface area contributed by atoms with Crippen LogP contribution in [0.3, 0.4) is 0 Å². The third kappa shape index (κ3) is 2.75. The van der Waals surface area contributed by atoms with Crippen LogP contribution in [0.5, 0.6) is 0 Å². The summed E-state index contributed by atoms with van der Waals surface area (Å²) in [4.78, 5) is 0. The highest BCUT2D eigenvalue weighted by molar-refractivity contribution is 7.98. The fraction of sp³-hybridized carbons (Fsp3) is 0.417. The summed E-state index contributed by atoms with van der Waals surface area (Å²) in [5.74, 6) is 2.24. The fourth-order valence-electron chi connectivity index (χ4n) is 1.54. The first-order chi connectivity index (χ1) is 7.79. The van der Waals surface area contributed by atoms with Gasteiger partial charge in [-0.2, -0.15) is 17.0 Å². The molecule has 16 heavy (non-hydrogen) atoms.